The zero-order valence-electron chi connectivity index (χ0n) is 19.8. The Bertz CT molecular complexity index is 1690. The third-order valence-corrected chi connectivity index (χ3v) is 6.70. The summed E-state index contributed by atoms with van der Waals surface area (Å²) in [4.78, 5) is 22.4. The number of anilines is 1. The maximum absolute atomic E-state index is 14.1. The largest absolute Gasteiger partial charge is 0.420 e. The van der Waals surface area contributed by atoms with Crippen LogP contribution in [-0.2, 0) is 23.4 Å². The zero-order valence-corrected chi connectivity index (χ0v) is 19.8. The number of nitrogens with one attached hydrogen (secondary N) is 1. The number of aromatic nitrogens is 9. The fourth-order valence-corrected chi connectivity index (χ4v) is 4.98. The number of pyridine rings is 1. The van der Waals surface area contributed by atoms with Gasteiger partial charge in [0.05, 0.1) is 42.1 Å². The predicted octanol–water partition coefficient (Wildman–Crippen LogP) is 3.03. The number of alkyl halides is 3. The summed E-state index contributed by atoms with van der Waals surface area (Å²) in [5.41, 5.74) is -0.0466. The monoisotopic (exact) mass is 526 g/mol. The molecule has 5 aromatic heterocycles. The molecular weight excluding hydrogens is 508 g/mol. The smallest absolute Gasteiger partial charge is 0.324 e. The fourth-order valence-electron chi connectivity index (χ4n) is 4.98. The molecule has 0 unspecified atom stereocenters. The summed E-state index contributed by atoms with van der Waals surface area (Å²) >= 11 is 0. The number of hydrogen-bond donors (Lipinski definition) is 1. The Hall–Kier alpha value is -4.69. The Morgan fingerprint density at radius 1 is 1.11 bits per heavy atom. The summed E-state index contributed by atoms with van der Waals surface area (Å²) in [6.45, 7) is 1.88. The summed E-state index contributed by atoms with van der Waals surface area (Å²) in [6, 6.07) is 1.96. The molecule has 0 saturated carbocycles. The molecule has 15 heteroatoms. The molecule has 1 aliphatic rings. The first-order valence-electron chi connectivity index (χ1n) is 11.3. The molecule has 194 valence electrons. The molecule has 0 saturated heterocycles. The van der Waals surface area contributed by atoms with Crippen LogP contribution in [0.15, 0.2) is 49.3 Å². The molecule has 1 N–H and O–H groups in total. The predicted molar refractivity (Wildman–Crippen MR) is 123 cm³/mol. The lowest BCUT2D eigenvalue weighted by atomic mass is 9.80. The second-order valence-corrected chi connectivity index (χ2v) is 9.19. The van der Waals surface area contributed by atoms with Crippen molar-refractivity contribution in [3.8, 4) is 5.82 Å². The van der Waals surface area contributed by atoms with Crippen LogP contribution in [0.25, 0.3) is 11.5 Å². The molecule has 2 atom stereocenters. The number of carbonyl (C=O) groups is 1. The second kappa shape index (κ2) is 8.16. The van der Waals surface area contributed by atoms with E-state index in [9.17, 15) is 22.4 Å². The fraction of sp³-hybridized carbons (Fsp3) is 0.261. The molecular formula is C23H18F4N10O. The maximum atomic E-state index is 14.1. The van der Waals surface area contributed by atoms with Gasteiger partial charge in [-0.05, 0) is 19.4 Å². The van der Waals surface area contributed by atoms with Crippen LogP contribution in [0.3, 0.4) is 0 Å². The van der Waals surface area contributed by atoms with Gasteiger partial charge in [-0.1, -0.05) is 0 Å². The summed E-state index contributed by atoms with van der Waals surface area (Å²) in [7, 11) is 1.75. The third kappa shape index (κ3) is 3.69. The van der Waals surface area contributed by atoms with Gasteiger partial charge >= 0.3 is 6.18 Å². The summed E-state index contributed by atoms with van der Waals surface area (Å²) < 4.78 is 58.5. The van der Waals surface area contributed by atoms with Gasteiger partial charge in [0.1, 0.15) is 5.56 Å². The van der Waals surface area contributed by atoms with E-state index in [0.29, 0.717) is 11.3 Å². The topological polar surface area (TPSA) is 121 Å². The molecule has 1 amide bonds. The molecule has 0 aromatic carbocycles. The van der Waals surface area contributed by atoms with Gasteiger partial charge in [0.2, 0.25) is 11.9 Å². The zero-order chi connectivity index (χ0) is 26.8. The maximum Gasteiger partial charge on any atom is 0.420 e. The minimum absolute atomic E-state index is 0.158. The minimum Gasteiger partial charge on any atom is -0.324 e. The van der Waals surface area contributed by atoms with Gasteiger partial charge in [-0.3, -0.25) is 9.48 Å². The van der Waals surface area contributed by atoms with Crippen LogP contribution in [0.4, 0.5) is 23.2 Å². The van der Waals surface area contributed by atoms with E-state index in [1.54, 1.807) is 24.1 Å². The molecule has 0 bridgehead atoms. The number of carbonyl (C=O) groups excluding carboxylic acids is 1. The molecule has 0 radical (unpaired) electrons. The second-order valence-electron chi connectivity index (χ2n) is 9.19. The van der Waals surface area contributed by atoms with Crippen molar-refractivity contribution < 1.29 is 22.4 Å². The molecule has 0 fully saturated rings. The number of hydrogen-bond acceptors (Lipinski definition) is 7. The summed E-state index contributed by atoms with van der Waals surface area (Å²) in [6.07, 6.45) is 3.91. The van der Waals surface area contributed by atoms with E-state index >= 15 is 0 Å². The molecule has 0 spiro atoms. The van der Waals surface area contributed by atoms with Gasteiger partial charge in [0.25, 0.3) is 0 Å². The highest BCUT2D eigenvalue weighted by molar-refractivity contribution is 5.97. The van der Waals surface area contributed by atoms with E-state index in [-0.39, 0.29) is 17.8 Å². The highest BCUT2D eigenvalue weighted by atomic mass is 19.4. The van der Waals surface area contributed by atoms with Crippen LogP contribution in [0.1, 0.15) is 41.6 Å². The Labute approximate surface area is 211 Å². The molecule has 0 aliphatic heterocycles. The number of aryl methyl sites for hydroxylation is 1. The standard InChI is InChI=1S/C23H18F4N10O/c1-22(12-8-32-35(2)11-12)7-14(15-10-28-18-6-17(24)34-36(18)19(15)22)21(38)33-13-5-16(23(25,26)27)20(29-9-13)37-30-3-4-31-37/h3-6,8-11,14H,7H2,1-2H3,(H,33,38)/t14-,22-/m1/s1. The lowest BCUT2D eigenvalue weighted by Crippen LogP contribution is -2.25. The Balaban J connectivity index is 1.40. The van der Waals surface area contributed by atoms with Crippen molar-refractivity contribution in [1.29, 1.82) is 0 Å². The minimum atomic E-state index is -4.78. The highest BCUT2D eigenvalue weighted by Crippen LogP contribution is 2.50. The molecule has 6 rings (SSSR count). The van der Waals surface area contributed by atoms with Crippen LogP contribution < -0.4 is 5.32 Å². The number of amides is 1. The van der Waals surface area contributed by atoms with Crippen molar-refractivity contribution in [2.75, 3.05) is 5.32 Å². The van der Waals surface area contributed by atoms with E-state index in [4.69, 9.17) is 0 Å². The first-order chi connectivity index (χ1) is 18.0. The van der Waals surface area contributed by atoms with E-state index in [0.717, 1.165) is 22.6 Å². The van der Waals surface area contributed by atoms with Gasteiger partial charge in [-0.25, -0.2) is 14.5 Å². The lowest BCUT2D eigenvalue weighted by Gasteiger charge is -2.24. The average molecular weight is 526 g/mol. The van der Waals surface area contributed by atoms with Crippen LogP contribution in [0, 0.1) is 5.95 Å². The summed E-state index contributed by atoms with van der Waals surface area (Å²) in [5, 5.41) is 18.2. The lowest BCUT2D eigenvalue weighted by molar-refractivity contribution is -0.137. The Morgan fingerprint density at radius 2 is 1.87 bits per heavy atom. The van der Waals surface area contributed by atoms with Gasteiger partial charge in [0, 0.05) is 42.0 Å². The molecule has 11 nitrogen and oxygen atoms in total. The Morgan fingerprint density at radius 3 is 2.55 bits per heavy atom. The number of rotatable bonds is 4. The number of nitrogens with zero attached hydrogens (tertiary/aromatic N) is 9. The first-order valence-corrected chi connectivity index (χ1v) is 11.3. The van der Waals surface area contributed by atoms with E-state index < -0.39 is 40.7 Å². The SMILES string of the molecule is Cn1cc([C@@]2(C)C[C@@H](C(=O)Nc3cnc(-n4nccn4)c(C(F)(F)F)c3)c3cnc4cc(F)nn4c32)cn1. The number of fused-ring (bicyclic) bond motifs is 3. The van der Waals surface area contributed by atoms with Crippen molar-refractivity contribution in [3.05, 3.63) is 77.6 Å². The van der Waals surface area contributed by atoms with Crippen molar-refractivity contribution in [2.45, 2.75) is 30.9 Å². The van der Waals surface area contributed by atoms with Crippen LogP contribution in [0.2, 0.25) is 0 Å². The van der Waals surface area contributed by atoms with Gasteiger partial charge < -0.3 is 5.32 Å². The van der Waals surface area contributed by atoms with Crippen molar-refractivity contribution in [2.24, 2.45) is 7.05 Å². The van der Waals surface area contributed by atoms with Crippen molar-refractivity contribution in [1.82, 2.24) is 44.4 Å². The number of halogens is 4. The molecule has 38 heavy (non-hydrogen) atoms. The van der Waals surface area contributed by atoms with Crippen LogP contribution >= 0.6 is 0 Å². The van der Waals surface area contributed by atoms with Crippen molar-refractivity contribution >= 4 is 17.2 Å². The van der Waals surface area contributed by atoms with E-state index in [2.05, 4.69) is 35.7 Å². The molecule has 5 aromatic rings. The summed E-state index contributed by atoms with van der Waals surface area (Å²) in [5.74, 6) is -2.67. The third-order valence-electron chi connectivity index (χ3n) is 6.70. The van der Waals surface area contributed by atoms with Gasteiger partial charge in [-0.2, -0.15) is 32.9 Å². The van der Waals surface area contributed by atoms with Crippen LogP contribution in [0.5, 0.6) is 0 Å². The van der Waals surface area contributed by atoms with E-state index in [1.807, 2.05) is 6.92 Å². The van der Waals surface area contributed by atoms with Crippen LogP contribution in [-0.4, -0.2) is 50.3 Å². The molecule has 5 heterocycles. The molecule has 1 aliphatic carbocycles. The Kier molecular flexibility index (Phi) is 5.09. The van der Waals surface area contributed by atoms with Gasteiger partial charge in [0.15, 0.2) is 11.5 Å². The average Bonchev–Trinajstić information content (AvgIpc) is 3.64. The quantitative estimate of drug-likeness (QED) is 0.358. The van der Waals surface area contributed by atoms with Crippen molar-refractivity contribution in [3.63, 3.8) is 0 Å². The van der Waals surface area contributed by atoms with Gasteiger partial charge in [-0.15, -0.1) is 9.90 Å². The normalized spacial score (nSPS) is 19.2. The first kappa shape index (κ1) is 23.7. The highest BCUT2D eigenvalue weighted by Gasteiger charge is 2.48. The van der Waals surface area contributed by atoms with E-state index in [1.165, 1.54) is 29.2 Å².